The van der Waals surface area contributed by atoms with Crippen LogP contribution in [0.3, 0.4) is 0 Å². The quantitative estimate of drug-likeness (QED) is 0.805. The molecule has 6 heteroatoms. The normalized spacial score (nSPS) is 22.0. The first kappa shape index (κ1) is 11.9. The summed E-state index contributed by atoms with van der Waals surface area (Å²) in [7, 11) is 0. The number of carboxylic acid groups (broad SMARTS) is 1. The highest BCUT2D eigenvalue weighted by molar-refractivity contribution is 6.30. The Bertz CT molecular complexity index is 490. The smallest absolute Gasteiger partial charge is 0.307 e. The first-order chi connectivity index (χ1) is 7.99. The first-order valence-electron chi connectivity index (χ1n) is 5.15. The zero-order valence-electron chi connectivity index (χ0n) is 9.11. The molecule has 0 spiro atoms. The number of aliphatic carboxylic acids is 1. The third kappa shape index (κ3) is 2.55. The molecule has 0 aromatic carbocycles. The monoisotopic (exact) mass is 254 g/mol. The van der Waals surface area contributed by atoms with E-state index in [-0.39, 0.29) is 5.91 Å². The van der Waals surface area contributed by atoms with Crippen molar-refractivity contribution in [2.45, 2.75) is 13.3 Å². The van der Waals surface area contributed by atoms with E-state index in [2.05, 4.69) is 10.3 Å². The van der Waals surface area contributed by atoms with E-state index in [9.17, 15) is 9.59 Å². The number of nitrogens with zero attached hydrogens (tertiary/aromatic N) is 1. The van der Waals surface area contributed by atoms with Crippen LogP contribution in [0, 0.1) is 18.8 Å². The lowest BCUT2D eigenvalue weighted by molar-refractivity contribution is -0.139. The predicted octanol–water partition coefficient (Wildman–Crippen LogP) is 1.70. The highest BCUT2D eigenvalue weighted by atomic mass is 35.5. The van der Waals surface area contributed by atoms with Gasteiger partial charge >= 0.3 is 5.97 Å². The van der Waals surface area contributed by atoms with Crippen molar-refractivity contribution < 1.29 is 14.7 Å². The van der Waals surface area contributed by atoms with Crippen LogP contribution in [0.4, 0.5) is 5.69 Å². The van der Waals surface area contributed by atoms with E-state index < -0.39 is 17.8 Å². The van der Waals surface area contributed by atoms with Gasteiger partial charge in [-0.05, 0) is 25.0 Å². The maximum atomic E-state index is 11.7. The molecule has 90 valence electrons. The summed E-state index contributed by atoms with van der Waals surface area (Å²) in [5.41, 5.74) is 1.29. The van der Waals surface area contributed by atoms with Gasteiger partial charge < -0.3 is 10.4 Å². The van der Waals surface area contributed by atoms with Crippen molar-refractivity contribution in [2.24, 2.45) is 11.8 Å². The summed E-state index contributed by atoms with van der Waals surface area (Å²) in [4.78, 5) is 26.2. The molecule has 2 rings (SSSR count). The third-order valence-corrected chi connectivity index (χ3v) is 3.12. The summed E-state index contributed by atoms with van der Waals surface area (Å²) >= 11 is 5.76. The Morgan fingerprint density at radius 3 is 2.76 bits per heavy atom. The van der Waals surface area contributed by atoms with Gasteiger partial charge in [-0.1, -0.05) is 11.6 Å². The maximum absolute atomic E-state index is 11.7. The topological polar surface area (TPSA) is 79.3 Å². The molecule has 1 heterocycles. The van der Waals surface area contributed by atoms with Gasteiger partial charge in [-0.15, -0.1) is 0 Å². The summed E-state index contributed by atoms with van der Waals surface area (Å²) in [6.07, 6.45) is 1.85. The van der Waals surface area contributed by atoms with Crippen LogP contribution in [0.1, 0.15) is 12.0 Å². The molecule has 1 aliphatic carbocycles. The molecule has 0 saturated heterocycles. The van der Waals surface area contributed by atoms with Gasteiger partial charge in [0.2, 0.25) is 5.91 Å². The number of pyridine rings is 1. The number of aryl methyl sites for hydroxylation is 1. The Hall–Kier alpha value is -1.62. The molecule has 0 bridgehead atoms. The lowest BCUT2D eigenvalue weighted by Crippen LogP contribution is -2.17. The van der Waals surface area contributed by atoms with Crippen LogP contribution in [0.2, 0.25) is 5.15 Å². The molecule has 2 N–H and O–H groups in total. The Balaban J connectivity index is 2.00. The average molecular weight is 255 g/mol. The Morgan fingerprint density at radius 2 is 2.24 bits per heavy atom. The molecule has 1 aliphatic rings. The zero-order valence-corrected chi connectivity index (χ0v) is 9.86. The molecule has 2 atom stereocenters. The number of halogens is 1. The summed E-state index contributed by atoms with van der Waals surface area (Å²) in [5, 5.41) is 11.7. The van der Waals surface area contributed by atoms with Gasteiger partial charge in [-0.25, -0.2) is 4.98 Å². The molecule has 17 heavy (non-hydrogen) atoms. The van der Waals surface area contributed by atoms with Gasteiger partial charge in [-0.3, -0.25) is 9.59 Å². The van der Waals surface area contributed by atoms with E-state index in [1.807, 2.05) is 0 Å². The van der Waals surface area contributed by atoms with Crippen molar-refractivity contribution >= 4 is 29.2 Å². The Morgan fingerprint density at radius 1 is 1.53 bits per heavy atom. The second-order valence-electron chi connectivity index (χ2n) is 4.11. The van der Waals surface area contributed by atoms with E-state index in [1.165, 1.54) is 6.20 Å². The van der Waals surface area contributed by atoms with Gasteiger partial charge in [0.15, 0.2) is 0 Å². The van der Waals surface area contributed by atoms with Gasteiger partial charge in [0, 0.05) is 0 Å². The van der Waals surface area contributed by atoms with Crippen LogP contribution in [0.5, 0.6) is 0 Å². The number of hydrogen-bond acceptors (Lipinski definition) is 3. The Labute approximate surface area is 103 Å². The van der Waals surface area contributed by atoms with E-state index in [4.69, 9.17) is 16.7 Å². The molecule has 1 saturated carbocycles. The minimum Gasteiger partial charge on any atom is -0.481 e. The van der Waals surface area contributed by atoms with Crippen molar-refractivity contribution in [3.63, 3.8) is 0 Å². The number of carbonyl (C=O) groups is 2. The number of nitrogens with one attached hydrogen (secondary N) is 1. The molecule has 1 aromatic heterocycles. The first-order valence-corrected chi connectivity index (χ1v) is 5.52. The van der Waals surface area contributed by atoms with E-state index in [0.717, 1.165) is 5.56 Å². The number of carbonyl (C=O) groups excluding carboxylic acids is 1. The molecule has 0 radical (unpaired) electrons. The van der Waals surface area contributed by atoms with Crippen LogP contribution in [-0.2, 0) is 9.59 Å². The van der Waals surface area contributed by atoms with Crippen molar-refractivity contribution in [1.82, 2.24) is 4.98 Å². The highest BCUT2D eigenvalue weighted by Gasteiger charge is 2.48. The standard InChI is InChI=1S/C11H11ClN2O3/c1-5-2-6(4-13-9(5)12)14-10(15)7-3-8(7)11(16)17/h2,4,7-8H,3H2,1H3,(H,14,15)(H,16,17)/t7-,8+/m1/s1. The van der Waals surface area contributed by atoms with Crippen molar-refractivity contribution in [3.05, 3.63) is 23.0 Å². The van der Waals surface area contributed by atoms with Crippen molar-refractivity contribution in [3.8, 4) is 0 Å². The Kier molecular flexibility index (Phi) is 3.02. The van der Waals surface area contributed by atoms with Crippen LogP contribution in [0.15, 0.2) is 12.3 Å². The van der Waals surface area contributed by atoms with E-state index in [1.54, 1.807) is 13.0 Å². The lowest BCUT2D eigenvalue weighted by Gasteiger charge is -2.05. The number of amides is 1. The molecule has 1 aromatic rings. The molecule has 0 unspecified atom stereocenters. The fraction of sp³-hybridized carbons (Fsp3) is 0.364. The van der Waals surface area contributed by atoms with Gasteiger partial charge in [0.1, 0.15) is 5.15 Å². The fourth-order valence-electron chi connectivity index (χ4n) is 1.62. The summed E-state index contributed by atoms with van der Waals surface area (Å²) in [6, 6.07) is 1.70. The largest absolute Gasteiger partial charge is 0.481 e. The molecule has 0 aliphatic heterocycles. The average Bonchev–Trinajstić information content (AvgIpc) is 3.03. The predicted molar refractivity (Wildman–Crippen MR) is 61.8 cm³/mol. The zero-order chi connectivity index (χ0) is 12.6. The number of carboxylic acids is 1. The molecular weight excluding hydrogens is 244 g/mol. The molecule has 5 nitrogen and oxygen atoms in total. The van der Waals surface area contributed by atoms with Gasteiger partial charge in [0.25, 0.3) is 0 Å². The number of rotatable bonds is 3. The van der Waals surface area contributed by atoms with Crippen LogP contribution in [0.25, 0.3) is 0 Å². The second-order valence-corrected chi connectivity index (χ2v) is 4.47. The van der Waals surface area contributed by atoms with Crippen LogP contribution < -0.4 is 5.32 Å². The second kappa shape index (κ2) is 4.33. The summed E-state index contributed by atoms with van der Waals surface area (Å²) in [5.74, 6) is -2.17. The molecule has 1 fully saturated rings. The van der Waals surface area contributed by atoms with E-state index in [0.29, 0.717) is 17.3 Å². The van der Waals surface area contributed by atoms with Gasteiger partial charge in [0.05, 0.1) is 23.7 Å². The SMILES string of the molecule is Cc1cc(NC(=O)[C@@H]2C[C@@H]2C(=O)O)cnc1Cl. The fourth-order valence-corrected chi connectivity index (χ4v) is 1.72. The number of hydrogen-bond donors (Lipinski definition) is 2. The van der Waals surface area contributed by atoms with Crippen molar-refractivity contribution in [1.29, 1.82) is 0 Å². The van der Waals surface area contributed by atoms with Crippen LogP contribution >= 0.6 is 11.6 Å². The van der Waals surface area contributed by atoms with Crippen molar-refractivity contribution in [2.75, 3.05) is 5.32 Å². The maximum Gasteiger partial charge on any atom is 0.307 e. The number of anilines is 1. The molecule has 1 amide bonds. The minimum absolute atomic E-state index is 0.277. The van der Waals surface area contributed by atoms with Gasteiger partial charge in [-0.2, -0.15) is 0 Å². The minimum atomic E-state index is -0.921. The summed E-state index contributed by atoms with van der Waals surface area (Å²) in [6.45, 7) is 1.78. The third-order valence-electron chi connectivity index (χ3n) is 2.73. The number of aromatic nitrogens is 1. The lowest BCUT2D eigenvalue weighted by atomic mass is 10.2. The molecular formula is C11H11ClN2O3. The van der Waals surface area contributed by atoms with E-state index >= 15 is 0 Å². The highest BCUT2D eigenvalue weighted by Crippen LogP contribution is 2.39. The summed E-state index contributed by atoms with van der Waals surface area (Å²) < 4.78 is 0. The van der Waals surface area contributed by atoms with Crippen LogP contribution in [-0.4, -0.2) is 22.0 Å².